The second-order valence-electron chi connectivity index (χ2n) is 5.16. The molecule has 0 heterocycles. The Bertz CT molecular complexity index is 471. The van der Waals surface area contributed by atoms with E-state index in [0.29, 0.717) is 30.3 Å². The molecule has 0 bridgehead atoms. The average molecular weight is 373 g/mol. The quantitative estimate of drug-likeness (QED) is 0.688. The third-order valence-corrected chi connectivity index (χ3v) is 3.05. The topological polar surface area (TPSA) is 76.4 Å². The Kier molecular flexibility index (Phi) is 11.5. The maximum atomic E-state index is 11.8. The van der Waals surface area contributed by atoms with Gasteiger partial charge in [0.15, 0.2) is 0 Å². The molecule has 0 unspecified atom stereocenters. The number of benzene rings is 1. The van der Waals surface area contributed by atoms with Crippen LogP contribution in [0, 0.1) is 0 Å². The summed E-state index contributed by atoms with van der Waals surface area (Å²) in [6.45, 7) is 4.66. The number of anilines is 1. The maximum Gasteiger partial charge on any atom is 0.222 e. The van der Waals surface area contributed by atoms with Crippen molar-refractivity contribution >= 4 is 48.0 Å². The molecule has 5 nitrogen and oxygen atoms in total. The minimum absolute atomic E-state index is 0. The lowest BCUT2D eigenvalue weighted by atomic mass is 10.1. The summed E-state index contributed by atoms with van der Waals surface area (Å²) in [5.74, 6) is 0.644. The second-order valence-corrected chi connectivity index (χ2v) is 5.59. The number of halogens is 3. The molecular formula is C14H24Cl3N3O2. The van der Waals surface area contributed by atoms with Crippen molar-refractivity contribution in [3.05, 3.63) is 23.2 Å². The van der Waals surface area contributed by atoms with Gasteiger partial charge in [-0.15, -0.1) is 24.8 Å². The Labute approximate surface area is 149 Å². The number of hydrogen-bond donors (Lipinski definition) is 3. The van der Waals surface area contributed by atoms with Gasteiger partial charge in [0.25, 0.3) is 0 Å². The van der Waals surface area contributed by atoms with Gasteiger partial charge in [0, 0.05) is 30.1 Å². The van der Waals surface area contributed by atoms with E-state index in [4.69, 9.17) is 22.1 Å². The standard InChI is InChI=1S/C14H22ClN3O2.2ClH/c1-14(2,9-16)18-13(19)6-7-17-11-8-10(15)4-5-12(11)20-3;;/h4-5,8,17H,6-7,9,16H2,1-3H3,(H,18,19);2*1H. The first-order valence-electron chi connectivity index (χ1n) is 6.46. The fraction of sp³-hybridized carbons (Fsp3) is 0.500. The Hall–Kier alpha value is -0.880. The first kappa shape index (κ1) is 23.4. The highest BCUT2D eigenvalue weighted by Crippen LogP contribution is 2.27. The van der Waals surface area contributed by atoms with Crippen molar-refractivity contribution in [3.63, 3.8) is 0 Å². The number of rotatable bonds is 7. The van der Waals surface area contributed by atoms with Crippen LogP contribution in [0.25, 0.3) is 0 Å². The smallest absolute Gasteiger partial charge is 0.222 e. The van der Waals surface area contributed by atoms with Gasteiger partial charge in [0.2, 0.25) is 5.91 Å². The number of ether oxygens (including phenoxy) is 1. The fourth-order valence-corrected chi connectivity index (χ4v) is 1.79. The number of amides is 1. The number of nitrogens with two attached hydrogens (primary N) is 1. The molecule has 8 heteroatoms. The normalized spacial score (nSPS) is 10.0. The van der Waals surface area contributed by atoms with E-state index in [0.717, 1.165) is 5.69 Å². The first-order valence-corrected chi connectivity index (χ1v) is 6.84. The van der Waals surface area contributed by atoms with Crippen LogP contribution in [0.4, 0.5) is 5.69 Å². The molecule has 0 radical (unpaired) electrons. The molecule has 0 aliphatic rings. The molecule has 0 aliphatic heterocycles. The molecule has 0 aromatic heterocycles. The molecule has 0 fully saturated rings. The molecule has 1 rings (SSSR count). The molecule has 0 saturated carbocycles. The predicted molar refractivity (Wildman–Crippen MR) is 96.9 cm³/mol. The Morgan fingerprint density at radius 3 is 2.55 bits per heavy atom. The lowest BCUT2D eigenvalue weighted by molar-refractivity contribution is -0.122. The summed E-state index contributed by atoms with van der Waals surface area (Å²) in [7, 11) is 1.59. The molecule has 1 aromatic rings. The van der Waals surface area contributed by atoms with E-state index in [9.17, 15) is 4.79 Å². The summed E-state index contributed by atoms with van der Waals surface area (Å²) >= 11 is 5.93. The first-order chi connectivity index (χ1) is 9.38. The van der Waals surface area contributed by atoms with Crippen molar-refractivity contribution in [1.29, 1.82) is 0 Å². The van der Waals surface area contributed by atoms with Crippen LogP contribution in [0.1, 0.15) is 20.3 Å². The summed E-state index contributed by atoms with van der Waals surface area (Å²) in [6, 6.07) is 5.30. The van der Waals surface area contributed by atoms with E-state index in [1.54, 1.807) is 25.3 Å². The third kappa shape index (κ3) is 7.94. The van der Waals surface area contributed by atoms with Crippen LogP contribution < -0.4 is 21.1 Å². The van der Waals surface area contributed by atoms with Crippen LogP contribution in [0.15, 0.2) is 18.2 Å². The van der Waals surface area contributed by atoms with Crippen LogP contribution in [0.5, 0.6) is 5.75 Å². The largest absolute Gasteiger partial charge is 0.495 e. The van der Waals surface area contributed by atoms with Crippen molar-refractivity contribution in [2.45, 2.75) is 25.8 Å². The number of carbonyl (C=O) groups is 1. The highest BCUT2D eigenvalue weighted by Gasteiger charge is 2.17. The minimum atomic E-state index is -0.384. The van der Waals surface area contributed by atoms with Gasteiger partial charge in [-0.3, -0.25) is 4.79 Å². The molecule has 1 amide bonds. The van der Waals surface area contributed by atoms with Crippen molar-refractivity contribution in [1.82, 2.24) is 5.32 Å². The van der Waals surface area contributed by atoms with Crippen LogP contribution in [-0.4, -0.2) is 31.6 Å². The van der Waals surface area contributed by atoms with Crippen LogP contribution in [-0.2, 0) is 4.79 Å². The van der Waals surface area contributed by atoms with E-state index >= 15 is 0 Å². The maximum absolute atomic E-state index is 11.8. The van der Waals surface area contributed by atoms with E-state index in [2.05, 4.69) is 10.6 Å². The van der Waals surface area contributed by atoms with Crippen molar-refractivity contribution < 1.29 is 9.53 Å². The number of hydrogen-bond acceptors (Lipinski definition) is 4. The summed E-state index contributed by atoms with van der Waals surface area (Å²) in [6.07, 6.45) is 0.346. The molecule has 0 aliphatic carbocycles. The van der Waals surface area contributed by atoms with E-state index in [1.165, 1.54) is 0 Å². The molecular weight excluding hydrogens is 349 g/mol. The fourth-order valence-electron chi connectivity index (χ4n) is 1.62. The lowest BCUT2D eigenvalue weighted by Gasteiger charge is -2.24. The molecule has 0 spiro atoms. The minimum Gasteiger partial charge on any atom is -0.495 e. The van der Waals surface area contributed by atoms with Gasteiger partial charge >= 0.3 is 0 Å². The van der Waals surface area contributed by atoms with Gasteiger partial charge in [-0.05, 0) is 32.0 Å². The van der Waals surface area contributed by atoms with Gasteiger partial charge in [-0.25, -0.2) is 0 Å². The molecule has 128 valence electrons. The monoisotopic (exact) mass is 371 g/mol. The van der Waals surface area contributed by atoms with Crippen molar-refractivity contribution in [2.24, 2.45) is 5.73 Å². The number of methoxy groups -OCH3 is 1. The van der Waals surface area contributed by atoms with E-state index in [-0.39, 0.29) is 36.3 Å². The zero-order valence-electron chi connectivity index (χ0n) is 12.9. The SMILES string of the molecule is COc1ccc(Cl)cc1NCCC(=O)NC(C)(C)CN.Cl.Cl. The van der Waals surface area contributed by atoms with E-state index < -0.39 is 0 Å². The molecule has 4 N–H and O–H groups in total. The van der Waals surface area contributed by atoms with Crippen LogP contribution in [0.2, 0.25) is 5.02 Å². The molecule has 1 aromatic carbocycles. The average Bonchev–Trinajstić information content (AvgIpc) is 2.38. The second kappa shape index (κ2) is 10.8. The van der Waals surface area contributed by atoms with Gasteiger partial charge < -0.3 is 21.1 Å². The van der Waals surface area contributed by atoms with Crippen molar-refractivity contribution in [3.8, 4) is 5.75 Å². The summed E-state index contributed by atoms with van der Waals surface area (Å²) in [5, 5.41) is 6.62. The summed E-state index contributed by atoms with van der Waals surface area (Å²) in [5.41, 5.74) is 5.95. The Balaban J connectivity index is 0. The number of carbonyl (C=O) groups excluding carboxylic acids is 1. The van der Waals surface area contributed by atoms with Gasteiger partial charge in [-0.1, -0.05) is 11.6 Å². The highest BCUT2D eigenvalue weighted by atomic mass is 35.5. The molecule has 22 heavy (non-hydrogen) atoms. The zero-order valence-corrected chi connectivity index (χ0v) is 15.3. The Morgan fingerprint density at radius 2 is 2.00 bits per heavy atom. The third-order valence-electron chi connectivity index (χ3n) is 2.82. The number of nitrogens with one attached hydrogen (secondary N) is 2. The predicted octanol–water partition coefficient (Wildman–Crippen LogP) is 2.85. The lowest BCUT2D eigenvalue weighted by Crippen LogP contribution is -2.49. The van der Waals surface area contributed by atoms with Gasteiger partial charge in [0.05, 0.1) is 12.8 Å². The molecule has 0 atom stereocenters. The van der Waals surface area contributed by atoms with E-state index in [1.807, 2.05) is 13.8 Å². The zero-order chi connectivity index (χ0) is 15.2. The molecule has 0 saturated heterocycles. The van der Waals surface area contributed by atoms with Crippen molar-refractivity contribution in [2.75, 3.05) is 25.5 Å². The van der Waals surface area contributed by atoms with Crippen LogP contribution >= 0.6 is 36.4 Å². The summed E-state index contributed by atoms with van der Waals surface area (Å²) in [4.78, 5) is 11.8. The van der Waals surface area contributed by atoms with Crippen LogP contribution in [0.3, 0.4) is 0 Å². The Morgan fingerprint density at radius 1 is 1.36 bits per heavy atom. The van der Waals surface area contributed by atoms with Gasteiger partial charge in [0.1, 0.15) is 5.75 Å². The highest BCUT2D eigenvalue weighted by molar-refractivity contribution is 6.30. The summed E-state index contributed by atoms with van der Waals surface area (Å²) < 4.78 is 5.22. The van der Waals surface area contributed by atoms with Gasteiger partial charge in [-0.2, -0.15) is 0 Å².